The zero-order valence-electron chi connectivity index (χ0n) is 16.6. The van der Waals surface area contributed by atoms with E-state index in [1.54, 1.807) is 29.2 Å². The largest absolute Gasteiger partial charge is 0.332 e. The summed E-state index contributed by atoms with van der Waals surface area (Å²) in [5, 5.41) is 12.5. The lowest BCUT2D eigenvalue weighted by molar-refractivity contribution is -0.133. The number of amides is 1. The Kier molecular flexibility index (Phi) is 5.61. The van der Waals surface area contributed by atoms with E-state index >= 15 is 0 Å². The van der Waals surface area contributed by atoms with Crippen molar-refractivity contribution in [2.45, 2.75) is 30.3 Å². The molecule has 3 aromatic rings. The van der Waals surface area contributed by atoms with E-state index in [0.717, 1.165) is 22.4 Å². The molecule has 0 radical (unpaired) electrons. The summed E-state index contributed by atoms with van der Waals surface area (Å²) in [5.41, 5.74) is 9.53. The van der Waals surface area contributed by atoms with Gasteiger partial charge in [-0.1, -0.05) is 24.3 Å². The SMILES string of the molecule is NCCC(C(=O)N1Cc2[nH]nc(-c3ccc(S(N)(=O)=O)cc3)c2C1)c1ccc(F)cc1. The second-order valence-corrected chi connectivity index (χ2v) is 9.04. The second-order valence-electron chi connectivity index (χ2n) is 7.47. The fourth-order valence-corrected chi connectivity index (χ4v) is 4.37. The normalized spacial score (nSPS) is 14.5. The molecule has 2 aromatic carbocycles. The van der Waals surface area contributed by atoms with E-state index in [9.17, 15) is 17.6 Å². The number of nitrogens with zero attached hydrogens (tertiary/aromatic N) is 2. The third-order valence-corrected chi connectivity index (χ3v) is 6.37. The lowest BCUT2D eigenvalue weighted by atomic mass is 9.94. The molecule has 0 spiro atoms. The maximum absolute atomic E-state index is 13.3. The number of fused-ring (bicyclic) bond motifs is 1. The maximum atomic E-state index is 13.3. The van der Waals surface area contributed by atoms with Crippen LogP contribution in [-0.4, -0.2) is 36.0 Å². The van der Waals surface area contributed by atoms with Crippen molar-refractivity contribution in [1.82, 2.24) is 15.1 Å². The minimum absolute atomic E-state index is 0.0177. The van der Waals surface area contributed by atoms with Crippen molar-refractivity contribution in [3.05, 3.63) is 71.2 Å². The number of rotatable bonds is 6. The summed E-state index contributed by atoms with van der Waals surface area (Å²) in [6.07, 6.45) is 0.453. The first-order valence-electron chi connectivity index (χ1n) is 9.71. The molecule has 1 aliphatic heterocycles. The van der Waals surface area contributed by atoms with Crippen molar-refractivity contribution in [3.63, 3.8) is 0 Å². The Labute approximate surface area is 179 Å². The highest BCUT2D eigenvalue weighted by Gasteiger charge is 2.32. The number of hydrogen-bond donors (Lipinski definition) is 3. The van der Waals surface area contributed by atoms with E-state index in [4.69, 9.17) is 10.9 Å². The van der Waals surface area contributed by atoms with Crippen molar-refractivity contribution in [2.24, 2.45) is 10.9 Å². The Morgan fingerprint density at radius 3 is 2.42 bits per heavy atom. The number of sulfonamides is 1. The van der Waals surface area contributed by atoms with E-state index in [-0.39, 0.29) is 16.6 Å². The Bertz CT molecular complexity index is 1210. The van der Waals surface area contributed by atoms with Gasteiger partial charge in [-0.2, -0.15) is 5.10 Å². The molecular formula is C21H22FN5O3S. The van der Waals surface area contributed by atoms with Gasteiger partial charge >= 0.3 is 0 Å². The fraction of sp³-hybridized carbons (Fsp3) is 0.238. The van der Waals surface area contributed by atoms with Crippen LogP contribution in [0.1, 0.15) is 29.2 Å². The van der Waals surface area contributed by atoms with Gasteiger partial charge in [-0.3, -0.25) is 9.89 Å². The summed E-state index contributed by atoms with van der Waals surface area (Å²) >= 11 is 0. The van der Waals surface area contributed by atoms with Crippen LogP contribution >= 0.6 is 0 Å². The van der Waals surface area contributed by atoms with E-state index in [2.05, 4.69) is 10.2 Å². The van der Waals surface area contributed by atoms with Gasteiger partial charge in [0.15, 0.2) is 0 Å². The van der Waals surface area contributed by atoms with Crippen LogP contribution in [0.3, 0.4) is 0 Å². The molecule has 1 amide bonds. The molecular weight excluding hydrogens is 421 g/mol. The van der Waals surface area contributed by atoms with Crippen LogP contribution in [0.15, 0.2) is 53.4 Å². The Balaban J connectivity index is 1.56. The first-order chi connectivity index (χ1) is 14.8. The minimum atomic E-state index is -3.78. The summed E-state index contributed by atoms with van der Waals surface area (Å²) < 4.78 is 36.2. The maximum Gasteiger partial charge on any atom is 0.238 e. The molecule has 0 fully saturated rings. The molecule has 10 heteroatoms. The zero-order chi connectivity index (χ0) is 22.2. The lowest BCUT2D eigenvalue weighted by Crippen LogP contribution is -2.32. The predicted molar refractivity (Wildman–Crippen MR) is 112 cm³/mol. The molecule has 162 valence electrons. The summed E-state index contributed by atoms with van der Waals surface area (Å²) in [5.74, 6) is -0.903. The Morgan fingerprint density at radius 1 is 1.13 bits per heavy atom. The highest BCUT2D eigenvalue weighted by atomic mass is 32.2. The third-order valence-electron chi connectivity index (χ3n) is 5.44. The van der Waals surface area contributed by atoms with Gasteiger partial charge in [0.05, 0.1) is 35.3 Å². The quantitative estimate of drug-likeness (QED) is 0.534. The van der Waals surface area contributed by atoms with E-state index in [1.165, 1.54) is 24.3 Å². The summed E-state index contributed by atoms with van der Waals surface area (Å²) in [6, 6.07) is 12.0. The molecule has 1 aromatic heterocycles. The Morgan fingerprint density at radius 2 is 1.81 bits per heavy atom. The first-order valence-corrected chi connectivity index (χ1v) is 11.3. The average molecular weight is 444 g/mol. The minimum Gasteiger partial charge on any atom is -0.332 e. The van der Waals surface area contributed by atoms with E-state index < -0.39 is 15.9 Å². The summed E-state index contributed by atoms with van der Waals surface area (Å²) in [7, 11) is -3.78. The van der Waals surface area contributed by atoms with Crippen LogP contribution < -0.4 is 10.9 Å². The number of H-pyrrole nitrogens is 1. The number of aromatic nitrogens is 2. The van der Waals surface area contributed by atoms with Gasteiger partial charge in [-0.25, -0.2) is 17.9 Å². The van der Waals surface area contributed by atoms with Crippen molar-refractivity contribution in [2.75, 3.05) is 6.54 Å². The lowest BCUT2D eigenvalue weighted by Gasteiger charge is -2.23. The highest BCUT2D eigenvalue weighted by molar-refractivity contribution is 7.89. The molecule has 8 nitrogen and oxygen atoms in total. The number of nitrogens with one attached hydrogen (secondary N) is 1. The van der Waals surface area contributed by atoms with Crippen LogP contribution in [0.25, 0.3) is 11.3 Å². The average Bonchev–Trinajstić information content (AvgIpc) is 3.33. The number of primary sulfonamides is 1. The summed E-state index contributed by atoms with van der Waals surface area (Å²) in [6.45, 7) is 1.06. The van der Waals surface area contributed by atoms with Crippen molar-refractivity contribution in [3.8, 4) is 11.3 Å². The molecule has 0 aliphatic carbocycles. The summed E-state index contributed by atoms with van der Waals surface area (Å²) in [4.78, 5) is 15.0. The van der Waals surface area contributed by atoms with Gasteiger partial charge in [0.25, 0.3) is 0 Å². The number of nitrogens with two attached hydrogens (primary N) is 2. The number of halogens is 1. The van der Waals surface area contributed by atoms with Crippen LogP contribution in [0.4, 0.5) is 4.39 Å². The van der Waals surface area contributed by atoms with Gasteiger partial charge in [0, 0.05) is 11.1 Å². The molecule has 31 heavy (non-hydrogen) atoms. The number of benzene rings is 2. The van der Waals surface area contributed by atoms with Crippen LogP contribution in [0.2, 0.25) is 0 Å². The fourth-order valence-electron chi connectivity index (χ4n) is 3.85. The van der Waals surface area contributed by atoms with Crippen molar-refractivity contribution >= 4 is 15.9 Å². The number of aromatic amines is 1. The molecule has 0 bridgehead atoms. The molecule has 0 saturated heterocycles. The third kappa shape index (κ3) is 4.22. The molecule has 0 saturated carbocycles. The van der Waals surface area contributed by atoms with Gasteiger partial charge < -0.3 is 10.6 Å². The van der Waals surface area contributed by atoms with Crippen molar-refractivity contribution in [1.29, 1.82) is 0 Å². The first kappa shape index (κ1) is 21.2. The van der Waals surface area contributed by atoms with Gasteiger partial charge in [0.2, 0.25) is 15.9 Å². The zero-order valence-corrected chi connectivity index (χ0v) is 17.4. The van der Waals surface area contributed by atoms with Gasteiger partial charge in [0.1, 0.15) is 5.82 Å². The molecule has 1 aliphatic rings. The van der Waals surface area contributed by atoms with Gasteiger partial charge in [-0.15, -0.1) is 0 Å². The molecule has 1 unspecified atom stereocenters. The number of hydrogen-bond acceptors (Lipinski definition) is 5. The number of carbonyl (C=O) groups is 1. The Hall–Kier alpha value is -3.08. The van der Waals surface area contributed by atoms with E-state index in [1.807, 2.05) is 0 Å². The molecule has 1 atom stereocenters. The van der Waals surface area contributed by atoms with Crippen molar-refractivity contribution < 1.29 is 17.6 Å². The van der Waals surface area contributed by atoms with Crippen LogP contribution in [-0.2, 0) is 27.9 Å². The molecule has 5 N–H and O–H groups in total. The van der Waals surface area contributed by atoms with Gasteiger partial charge in [-0.05, 0) is 42.8 Å². The van der Waals surface area contributed by atoms with E-state index in [0.29, 0.717) is 31.7 Å². The molecule has 4 rings (SSSR count). The topological polar surface area (TPSA) is 135 Å². The van der Waals surface area contributed by atoms with Crippen LogP contribution in [0, 0.1) is 5.82 Å². The smallest absolute Gasteiger partial charge is 0.238 e. The second kappa shape index (κ2) is 8.22. The predicted octanol–water partition coefficient (Wildman–Crippen LogP) is 1.84. The highest BCUT2D eigenvalue weighted by Crippen LogP contribution is 2.33. The monoisotopic (exact) mass is 443 g/mol. The standard InChI is InChI=1S/C21H22FN5O3S/c22-15-5-1-13(2-6-15)17(9-10-23)21(28)27-11-18-19(12-27)25-26-20(18)14-3-7-16(8-4-14)31(24,29)30/h1-8,17H,9-12,23H2,(H,25,26)(H2,24,29,30). The van der Waals surface area contributed by atoms with Crippen LogP contribution in [0.5, 0.6) is 0 Å². The molecule has 2 heterocycles. The number of carbonyl (C=O) groups excluding carboxylic acids is 1.